The Bertz CT molecular complexity index is 679. The lowest BCUT2D eigenvalue weighted by Crippen LogP contribution is -2.10. The number of aromatic amines is 1. The average molecular weight is 288 g/mol. The zero-order chi connectivity index (χ0) is 14.7. The molecule has 6 nitrogen and oxygen atoms in total. The monoisotopic (exact) mass is 288 g/mol. The largest absolute Gasteiger partial charge is 0.397 e. The van der Waals surface area contributed by atoms with Crippen molar-refractivity contribution in [2.75, 3.05) is 30.8 Å². The van der Waals surface area contributed by atoms with Crippen molar-refractivity contribution in [3.8, 4) is 0 Å². The summed E-state index contributed by atoms with van der Waals surface area (Å²) in [5.74, 6) is 0.804. The number of benzene rings is 1. The smallest absolute Gasteiger partial charge is 0.258 e. The molecule has 1 aromatic carbocycles. The fourth-order valence-corrected chi connectivity index (χ4v) is 2.22. The number of H-pyrrole nitrogens is 1. The van der Waals surface area contributed by atoms with Gasteiger partial charge in [0.05, 0.1) is 28.6 Å². The van der Waals surface area contributed by atoms with Gasteiger partial charge in [0.2, 0.25) is 0 Å². The molecule has 0 saturated heterocycles. The van der Waals surface area contributed by atoms with Gasteiger partial charge < -0.3 is 20.8 Å². The fourth-order valence-electron chi connectivity index (χ4n) is 2.22. The van der Waals surface area contributed by atoms with Gasteiger partial charge in [-0.2, -0.15) is 0 Å². The molecule has 2 aromatic rings. The summed E-state index contributed by atoms with van der Waals surface area (Å²) < 4.78 is 5.58. The van der Waals surface area contributed by atoms with Crippen LogP contribution in [0, 0.1) is 5.92 Å². The Kier molecular flexibility index (Phi) is 4.06. The number of nitrogens with one attached hydrogen (secondary N) is 2. The van der Waals surface area contributed by atoms with E-state index in [9.17, 15) is 4.79 Å². The van der Waals surface area contributed by atoms with Crippen LogP contribution in [-0.4, -0.2) is 29.7 Å². The van der Waals surface area contributed by atoms with Gasteiger partial charge in [-0.1, -0.05) is 0 Å². The molecule has 1 fully saturated rings. The number of anilines is 2. The quantitative estimate of drug-likeness (QED) is 0.533. The highest BCUT2D eigenvalue weighted by atomic mass is 16.5. The van der Waals surface area contributed by atoms with Crippen molar-refractivity contribution in [1.82, 2.24) is 9.97 Å². The molecule has 0 amide bonds. The maximum atomic E-state index is 11.6. The molecule has 3 rings (SSSR count). The van der Waals surface area contributed by atoms with Crippen molar-refractivity contribution in [2.45, 2.75) is 19.3 Å². The first-order chi connectivity index (χ1) is 10.2. The molecule has 112 valence electrons. The van der Waals surface area contributed by atoms with Gasteiger partial charge >= 0.3 is 0 Å². The van der Waals surface area contributed by atoms with Crippen LogP contribution in [0.25, 0.3) is 10.9 Å². The number of fused-ring (bicyclic) bond motifs is 1. The van der Waals surface area contributed by atoms with E-state index in [1.165, 1.54) is 19.2 Å². The number of nitrogens with zero attached hydrogens (tertiary/aromatic N) is 1. The first-order valence-electron chi connectivity index (χ1n) is 7.32. The number of hydrogen-bond donors (Lipinski definition) is 3. The third kappa shape index (κ3) is 3.52. The lowest BCUT2D eigenvalue weighted by atomic mass is 10.2. The number of nitrogens with two attached hydrogens (primary N) is 1. The van der Waals surface area contributed by atoms with Crippen molar-refractivity contribution in [3.05, 3.63) is 28.8 Å². The average Bonchev–Trinajstić information content (AvgIpc) is 3.28. The number of nitrogen functional groups attached to an aromatic ring is 1. The van der Waals surface area contributed by atoms with Crippen molar-refractivity contribution >= 4 is 22.3 Å². The Morgan fingerprint density at radius 1 is 1.43 bits per heavy atom. The maximum absolute atomic E-state index is 11.6. The highest BCUT2D eigenvalue weighted by Gasteiger charge is 2.20. The van der Waals surface area contributed by atoms with Gasteiger partial charge in [-0.05, 0) is 37.3 Å². The third-order valence-corrected chi connectivity index (χ3v) is 3.64. The molecule has 0 radical (unpaired) electrons. The van der Waals surface area contributed by atoms with Gasteiger partial charge in [0.15, 0.2) is 0 Å². The minimum absolute atomic E-state index is 0.174. The van der Waals surface area contributed by atoms with E-state index < -0.39 is 0 Å². The van der Waals surface area contributed by atoms with E-state index >= 15 is 0 Å². The van der Waals surface area contributed by atoms with Crippen LogP contribution in [0.5, 0.6) is 0 Å². The number of ether oxygens (including phenoxy) is 1. The molecule has 0 atom stereocenters. The van der Waals surface area contributed by atoms with Gasteiger partial charge in [0, 0.05) is 19.8 Å². The minimum Gasteiger partial charge on any atom is -0.397 e. The standard InChI is InChI=1S/C15H20N4O2/c16-12-6-11-13(18-9-19-15(11)20)7-14(12)17-4-1-5-21-8-10-2-3-10/h6-7,9-10,17H,1-5,8,16H2,(H,18,19,20). The zero-order valence-electron chi connectivity index (χ0n) is 11.9. The molecule has 0 unspecified atom stereocenters. The molecule has 6 heteroatoms. The predicted octanol–water partition coefficient (Wildman–Crippen LogP) is 1.73. The van der Waals surface area contributed by atoms with Gasteiger partial charge in [-0.25, -0.2) is 4.98 Å². The highest BCUT2D eigenvalue weighted by Crippen LogP contribution is 2.28. The van der Waals surface area contributed by atoms with E-state index in [1.807, 2.05) is 6.07 Å². The van der Waals surface area contributed by atoms with E-state index in [-0.39, 0.29) is 5.56 Å². The summed E-state index contributed by atoms with van der Waals surface area (Å²) >= 11 is 0. The summed E-state index contributed by atoms with van der Waals surface area (Å²) in [7, 11) is 0. The molecule has 1 heterocycles. The van der Waals surface area contributed by atoms with Crippen LogP contribution < -0.4 is 16.6 Å². The highest BCUT2D eigenvalue weighted by molar-refractivity contribution is 5.88. The van der Waals surface area contributed by atoms with Crippen molar-refractivity contribution in [2.24, 2.45) is 5.92 Å². The molecule has 0 bridgehead atoms. The van der Waals surface area contributed by atoms with Crippen LogP contribution in [-0.2, 0) is 4.74 Å². The topological polar surface area (TPSA) is 93.0 Å². The van der Waals surface area contributed by atoms with E-state index in [4.69, 9.17) is 10.5 Å². The first-order valence-corrected chi connectivity index (χ1v) is 7.32. The zero-order valence-corrected chi connectivity index (χ0v) is 11.9. The molecular weight excluding hydrogens is 268 g/mol. The maximum Gasteiger partial charge on any atom is 0.258 e. The second kappa shape index (κ2) is 6.13. The molecule has 1 saturated carbocycles. The van der Waals surface area contributed by atoms with E-state index in [1.54, 1.807) is 6.07 Å². The molecule has 1 aromatic heterocycles. The third-order valence-electron chi connectivity index (χ3n) is 3.64. The second-order valence-electron chi connectivity index (χ2n) is 5.49. The lowest BCUT2D eigenvalue weighted by molar-refractivity contribution is 0.124. The van der Waals surface area contributed by atoms with Crippen LogP contribution in [0.1, 0.15) is 19.3 Å². The molecule has 21 heavy (non-hydrogen) atoms. The Balaban J connectivity index is 1.55. The van der Waals surface area contributed by atoms with Gasteiger partial charge in [-0.15, -0.1) is 0 Å². The summed E-state index contributed by atoms with van der Waals surface area (Å²) in [6.07, 6.45) is 4.96. The summed E-state index contributed by atoms with van der Waals surface area (Å²) in [5, 5.41) is 3.78. The van der Waals surface area contributed by atoms with Crippen LogP contribution in [0.3, 0.4) is 0 Å². The lowest BCUT2D eigenvalue weighted by Gasteiger charge is -2.10. The van der Waals surface area contributed by atoms with Gasteiger partial charge in [0.25, 0.3) is 5.56 Å². The number of rotatable bonds is 7. The van der Waals surface area contributed by atoms with Crippen molar-refractivity contribution < 1.29 is 4.74 Å². The Hall–Kier alpha value is -2.08. The molecular formula is C15H20N4O2. The van der Waals surface area contributed by atoms with Crippen LogP contribution >= 0.6 is 0 Å². The van der Waals surface area contributed by atoms with Crippen molar-refractivity contribution in [3.63, 3.8) is 0 Å². The van der Waals surface area contributed by atoms with Gasteiger partial charge in [0.1, 0.15) is 0 Å². The number of hydrogen-bond acceptors (Lipinski definition) is 5. The Morgan fingerprint density at radius 2 is 2.29 bits per heavy atom. The van der Waals surface area contributed by atoms with Crippen LogP contribution in [0.15, 0.2) is 23.3 Å². The summed E-state index contributed by atoms with van der Waals surface area (Å²) in [6, 6.07) is 3.47. The summed E-state index contributed by atoms with van der Waals surface area (Å²) in [5.41, 5.74) is 7.80. The van der Waals surface area contributed by atoms with Crippen molar-refractivity contribution in [1.29, 1.82) is 0 Å². The second-order valence-corrected chi connectivity index (χ2v) is 5.49. The summed E-state index contributed by atoms with van der Waals surface area (Å²) in [6.45, 7) is 2.43. The molecule has 0 aliphatic heterocycles. The SMILES string of the molecule is Nc1cc2c(=O)[nH]cnc2cc1NCCCOCC1CC1. The first kappa shape index (κ1) is 13.9. The predicted molar refractivity (Wildman–Crippen MR) is 83.4 cm³/mol. The van der Waals surface area contributed by atoms with Gasteiger partial charge in [-0.3, -0.25) is 4.79 Å². The number of aromatic nitrogens is 2. The molecule has 4 N–H and O–H groups in total. The summed E-state index contributed by atoms with van der Waals surface area (Å²) in [4.78, 5) is 18.3. The van der Waals surface area contributed by atoms with E-state index in [2.05, 4.69) is 15.3 Å². The Morgan fingerprint density at radius 3 is 3.10 bits per heavy atom. The van der Waals surface area contributed by atoms with E-state index in [0.717, 1.165) is 37.8 Å². The fraction of sp³-hybridized carbons (Fsp3) is 0.467. The van der Waals surface area contributed by atoms with Crippen LogP contribution in [0.4, 0.5) is 11.4 Å². The normalized spacial score (nSPS) is 14.5. The molecule has 0 spiro atoms. The molecule has 1 aliphatic rings. The van der Waals surface area contributed by atoms with Crippen LogP contribution in [0.2, 0.25) is 0 Å². The minimum atomic E-state index is -0.174. The molecule has 1 aliphatic carbocycles. The van der Waals surface area contributed by atoms with E-state index in [0.29, 0.717) is 16.6 Å². The Labute approximate surface area is 122 Å².